The van der Waals surface area contributed by atoms with Crippen molar-refractivity contribution < 1.29 is 13.9 Å². The third-order valence-corrected chi connectivity index (χ3v) is 4.58. The summed E-state index contributed by atoms with van der Waals surface area (Å²) in [7, 11) is 0. The van der Waals surface area contributed by atoms with Crippen LogP contribution in [-0.2, 0) is 6.42 Å². The Balaban J connectivity index is 1.78. The summed E-state index contributed by atoms with van der Waals surface area (Å²) < 4.78 is 11.6. The number of nitrogens with zero attached hydrogens (tertiary/aromatic N) is 1. The quantitative estimate of drug-likeness (QED) is 0.706. The Hall–Kier alpha value is -3.08. The van der Waals surface area contributed by atoms with Crippen LogP contribution in [0.25, 0.3) is 11.0 Å². The minimum Gasteiger partial charge on any atom is -0.487 e. The predicted molar refractivity (Wildman–Crippen MR) is 100 cm³/mol. The summed E-state index contributed by atoms with van der Waals surface area (Å²) in [6.07, 6.45) is 0.687. The Morgan fingerprint density at radius 2 is 2.00 bits per heavy atom. The lowest BCUT2D eigenvalue weighted by molar-refractivity contribution is 0.0935. The van der Waals surface area contributed by atoms with E-state index in [1.165, 1.54) is 6.07 Å². The highest BCUT2D eigenvalue weighted by Crippen LogP contribution is 2.34. The summed E-state index contributed by atoms with van der Waals surface area (Å²) in [5, 5.41) is 0.497. The van der Waals surface area contributed by atoms with Crippen molar-refractivity contribution in [1.82, 2.24) is 0 Å². The van der Waals surface area contributed by atoms with Crippen molar-refractivity contribution in [1.29, 1.82) is 0 Å². The zero-order chi connectivity index (χ0) is 18.3. The zero-order valence-electron chi connectivity index (χ0n) is 14.7. The zero-order valence-corrected chi connectivity index (χ0v) is 14.7. The summed E-state index contributed by atoms with van der Waals surface area (Å²) >= 11 is 0. The van der Waals surface area contributed by atoms with Gasteiger partial charge < -0.3 is 9.15 Å². The van der Waals surface area contributed by atoms with Crippen LogP contribution < -0.4 is 15.1 Å². The maximum atomic E-state index is 13.1. The van der Waals surface area contributed by atoms with E-state index in [4.69, 9.17) is 9.15 Å². The molecule has 0 N–H and O–H groups in total. The minimum atomic E-state index is -0.342. The highest BCUT2D eigenvalue weighted by Gasteiger charge is 2.29. The largest absolute Gasteiger partial charge is 0.487 e. The van der Waals surface area contributed by atoms with Crippen LogP contribution in [0.3, 0.4) is 0 Å². The summed E-state index contributed by atoms with van der Waals surface area (Å²) in [5.74, 6) is 0.345. The smallest absolute Gasteiger partial charge is 0.294 e. The molecule has 1 aromatic heterocycles. The predicted octanol–water partition coefficient (Wildman–Crippen LogP) is 3.78. The molecule has 132 valence electrons. The van der Waals surface area contributed by atoms with Crippen LogP contribution in [0.2, 0.25) is 0 Å². The van der Waals surface area contributed by atoms with E-state index >= 15 is 0 Å². The van der Waals surface area contributed by atoms with Gasteiger partial charge in [-0.1, -0.05) is 25.1 Å². The molecule has 1 aliphatic rings. The topological polar surface area (TPSA) is 59.8 Å². The fraction of sp³-hybridized carbons (Fsp3) is 0.238. The number of para-hydroxylation sites is 2. The molecule has 1 amide bonds. The number of benzene rings is 2. The van der Waals surface area contributed by atoms with Crippen molar-refractivity contribution in [2.75, 3.05) is 11.4 Å². The monoisotopic (exact) mass is 349 g/mol. The Labute approximate surface area is 150 Å². The minimum absolute atomic E-state index is 0.0376. The number of rotatable bonds is 2. The molecule has 0 fully saturated rings. The Kier molecular flexibility index (Phi) is 3.99. The number of carbonyl (C=O) groups excluding carboxylic acids is 1. The van der Waals surface area contributed by atoms with E-state index in [1.807, 2.05) is 50.2 Å². The van der Waals surface area contributed by atoms with Gasteiger partial charge in [0.25, 0.3) is 5.91 Å². The van der Waals surface area contributed by atoms with Crippen LogP contribution in [0.15, 0.2) is 57.7 Å². The summed E-state index contributed by atoms with van der Waals surface area (Å²) in [6.45, 7) is 4.32. The average Bonchev–Trinajstić information content (AvgIpc) is 2.66. The molecule has 0 spiro atoms. The van der Waals surface area contributed by atoms with Crippen LogP contribution in [-0.4, -0.2) is 18.6 Å². The molecule has 3 aromatic rings. The molecule has 2 heterocycles. The molecule has 26 heavy (non-hydrogen) atoms. The third kappa shape index (κ3) is 2.75. The lowest BCUT2D eigenvalue weighted by Crippen LogP contribution is -2.42. The molecule has 0 saturated carbocycles. The molecule has 2 aromatic carbocycles. The van der Waals surface area contributed by atoms with Crippen molar-refractivity contribution >= 4 is 22.6 Å². The molecule has 0 bridgehead atoms. The number of anilines is 1. The van der Waals surface area contributed by atoms with Crippen molar-refractivity contribution in [2.24, 2.45) is 0 Å². The number of ether oxygens (including phenoxy) is 1. The van der Waals surface area contributed by atoms with Crippen LogP contribution in [0, 0.1) is 0 Å². The van der Waals surface area contributed by atoms with E-state index in [-0.39, 0.29) is 23.2 Å². The number of hydrogen-bond acceptors (Lipinski definition) is 4. The lowest BCUT2D eigenvalue weighted by atomic mass is 10.1. The van der Waals surface area contributed by atoms with E-state index in [0.29, 0.717) is 29.0 Å². The van der Waals surface area contributed by atoms with E-state index < -0.39 is 0 Å². The maximum absolute atomic E-state index is 13.1. The second-order valence-electron chi connectivity index (χ2n) is 6.47. The van der Waals surface area contributed by atoms with E-state index in [0.717, 1.165) is 12.0 Å². The van der Waals surface area contributed by atoms with E-state index in [1.54, 1.807) is 11.0 Å². The maximum Gasteiger partial charge on any atom is 0.294 e. The van der Waals surface area contributed by atoms with Crippen molar-refractivity contribution in [3.63, 3.8) is 0 Å². The van der Waals surface area contributed by atoms with Crippen molar-refractivity contribution in [3.8, 4) is 5.75 Å². The first-order chi connectivity index (χ1) is 12.6. The Bertz CT molecular complexity index is 1050. The molecule has 0 saturated heterocycles. The first kappa shape index (κ1) is 16.4. The third-order valence-electron chi connectivity index (χ3n) is 4.58. The molecular weight excluding hydrogens is 330 g/mol. The van der Waals surface area contributed by atoms with Gasteiger partial charge in [-0.3, -0.25) is 14.5 Å². The van der Waals surface area contributed by atoms with Gasteiger partial charge in [0.2, 0.25) is 0 Å². The normalized spacial score (nSPS) is 16.2. The van der Waals surface area contributed by atoms with Crippen LogP contribution in [0.1, 0.15) is 30.0 Å². The van der Waals surface area contributed by atoms with Crippen LogP contribution >= 0.6 is 0 Å². The SMILES string of the molecule is CCc1ccc2oc(C(=O)N3C[C@H](C)Oc4ccccc43)cc(=O)c2c1. The summed E-state index contributed by atoms with van der Waals surface area (Å²) in [5.41, 5.74) is 1.95. The van der Waals surface area contributed by atoms with Gasteiger partial charge in [-0.2, -0.15) is 0 Å². The Morgan fingerprint density at radius 1 is 1.19 bits per heavy atom. The molecule has 0 radical (unpaired) electrons. The summed E-state index contributed by atoms with van der Waals surface area (Å²) in [6, 6.07) is 14.1. The molecular formula is C21H19NO4. The van der Waals surface area contributed by atoms with Gasteiger partial charge >= 0.3 is 0 Å². The van der Waals surface area contributed by atoms with Gasteiger partial charge in [-0.25, -0.2) is 0 Å². The number of aryl methyl sites for hydroxylation is 1. The van der Waals surface area contributed by atoms with Gasteiger partial charge in [0.15, 0.2) is 11.2 Å². The standard InChI is InChI=1S/C21H19NO4/c1-3-14-8-9-18-15(10-14)17(23)11-20(26-18)21(24)22-12-13(2)25-19-7-5-4-6-16(19)22/h4-11,13H,3,12H2,1-2H3/t13-/m0/s1. The number of amides is 1. The fourth-order valence-electron chi connectivity index (χ4n) is 3.24. The van der Waals surface area contributed by atoms with Crippen molar-refractivity contribution in [2.45, 2.75) is 26.4 Å². The van der Waals surface area contributed by atoms with Gasteiger partial charge in [0.05, 0.1) is 17.6 Å². The number of fused-ring (bicyclic) bond motifs is 2. The van der Waals surface area contributed by atoms with Crippen LogP contribution in [0.5, 0.6) is 5.75 Å². The molecule has 1 atom stereocenters. The average molecular weight is 349 g/mol. The van der Waals surface area contributed by atoms with Gasteiger partial charge in [0.1, 0.15) is 17.4 Å². The fourth-order valence-corrected chi connectivity index (χ4v) is 3.24. The molecule has 5 heteroatoms. The van der Waals surface area contributed by atoms with E-state index in [2.05, 4.69) is 0 Å². The molecule has 1 aliphatic heterocycles. The lowest BCUT2D eigenvalue weighted by Gasteiger charge is -2.33. The molecule has 5 nitrogen and oxygen atoms in total. The highest BCUT2D eigenvalue weighted by molar-refractivity contribution is 6.06. The number of hydrogen-bond donors (Lipinski definition) is 0. The molecule has 0 aliphatic carbocycles. The molecule has 0 unspecified atom stereocenters. The summed E-state index contributed by atoms with van der Waals surface area (Å²) in [4.78, 5) is 27.2. The highest BCUT2D eigenvalue weighted by atomic mass is 16.5. The second kappa shape index (κ2) is 6.33. The Morgan fingerprint density at radius 3 is 2.81 bits per heavy atom. The first-order valence-corrected chi connectivity index (χ1v) is 8.71. The van der Waals surface area contributed by atoms with Crippen LogP contribution in [0.4, 0.5) is 5.69 Å². The molecule has 4 rings (SSSR count). The van der Waals surface area contributed by atoms with Gasteiger partial charge in [-0.05, 0) is 43.2 Å². The van der Waals surface area contributed by atoms with Crippen molar-refractivity contribution in [3.05, 3.63) is 70.1 Å². The number of carbonyl (C=O) groups is 1. The second-order valence-corrected chi connectivity index (χ2v) is 6.47. The van der Waals surface area contributed by atoms with E-state index in [9.17, 15) is 9.59 Å². The van der Waals surface area contributed by atoms with Gasteiger partial charge in [0, 0.05) is 6.07 Å². The van der Waals surface area contributed by atoms with Gasteiger partial charge in [-0.15, -0.1) is 0 Å². The first-order valence-electron chi connectivity index (χ1n) is 8.71.